The third kappa shape index (κ3) is 6.09. The molecule has 0 fully saturated rings. The van der Waals surface area contributed by atoms with Crippen molar-refractivity contribution in [3.63, 3.8) is 0 Å². The Morgan fingerprint density at radius 3 is 2.59 bits per heavy atom. The lowest BCUT2D eigenvalue weighted by atomic mass is 10.0. The molecule has 0 saturated heterocycles. The van der Waals surface area contributed by atoms with Crippen LogP contribution >= 0.6 is 11.8 Å². The lowest BCUT2D eigenvalue weighted by molar-refractivity contribution is -0.113. The highest BCUT2D eigenvalue weighted by Gasteiger charge is 2.09. The number of H-pyrrole nitrogens is 1. The highest BCUT2D eigenvalue weighted by molar-refractivity contribution is 7.99. The zero-order valence-electron chi connectivity index (χ0n) is 17.2. The van der Waals surface area contributed by atoms with Crippen LogP contribution < -0.4 is 10.1 Å². The minimum absolute atomic E-state index is 0.0916. The Morgan fingerprint density at radius 2 is 1.90 bits per heavy atom. The van der Waals surface area contributed by atoms with Crippen LogP contribution in [0.15, 0.2) is 47.6 Å². The van der Waals surface area contributed by atoms with Crippen molar-refractivity contribution in [2.24, 2.45) is 0 Å². The third-order valence-electron chi connectivity index (χ3n) is 4.56. The summed E-state index contributed by atoms with van der Waals surface area (Å²) in [5.41, 5.74) is 4.41. The average molecular weight is 411 g/mol. The molecule has 3 rings (SSSR count). The number of nitrogens with zero attached hydrogens (tertiary/aromatic N) is 2. The molecule has 0 aliphatic rings. The molecule has 0 radical (unpaired) electrons. The van der Waals surface area contributed by atoms with Gasteiger partial charge in [0.15, 0.2) is 5.82 Å². The van der Waals surface area contributed by atoms with E-state index in [9.17, 15) is 4.79 Å². The number of aryl methyl sites for hydroxylation is 2. The van der Waals surface area contributed by atoms with Gasteiger partial charge in [0.1, 0.15) is 12.4 Å². The predicted molar refractivity (Wildman–Crippen MR) is 117 cm³/mol. The summed E-state index contributed by atoms with van der Waals surface area (Å²) < 4.78 is 5.74. The Kier molecular flexibility index (Phi) is 6.93. The molecule has 0 aliphatic heterocycles. The number of rotatable bonds is 8. The van der Waals surface area contributed by atoms with E-state index in [-0.39, 0.29) is 11.7 Å². The smallest absolute Gasteiger partial charge is 0.234 e. The Labute approximate surface area is 175 Å². The lowest BCUT2D eigenvalue weighted by Gasteiger charge is -2.07. The van der Waals surface area contributed by atoms with Crippen LogP contribution in [-0.2, 0) is 11.4 Å². The van der Waals surface area contributed by atoms with Crippen LogP contribution in [0.5, 0.6) is 5.75 Å². The summed E-state index contributed by atoms with van der Waals surface area (Å²) in [4.78, 5) is 16.5. The highest BCUT2D eigenvalue weighted by Crippen LogP contribution is 2.20. The zero-order chi connectivity index (χ0) is 20.8. The molecule has 2 aromatic carbocycles. The van der Waals surface area contributed by atoms with Gasteiger partial charge in [-0.25, -0.2) is 4.98 Å². The molecule has 3 aromatic rings. The molecule has 0 aliphatic carbocycles. The first kappa shape index (κ1) is 20.9. The van der Waals surface area contributed by atoms with Gasteiger partial charge in [-0.3, -0.25) is 9.89 Å². The Bertz CT molecular complexity index is 967. The third-order valence-corrected chi connectivity index (χ3v) is 5.40. The van der Waals surface area contributed by atoms with Gasteiger partial charge in [-0.2, -0.15) is 0 Å². The van der Waals surface area contributed by atoms with Crippen LogP contribution in [0.3, 0.4) is 0 Å². The largest absolute Gasteiger partial charge is 0.486 e. The van der Waals surface area contributed by atoms with E-state index in [4.69, 9.17) is 4.74 Å². The fourth-order valence-electron chi connectivity index (χ4n) is 2.65. The van der Waals surface area contributed by atoms with Crippen molar-refractivity contribution in [3.05, 3.63) is 65.0 Å². The molecule has 0 saturated carbocycles. The Hall–Kier alpha value is -2.80. The number of hydrogen-bond acceptors (Lipinski definition) is 5. The number of ether oxygens (including phenoxy) is 1. The molecular weight excluding hydrogens is 384 g/mol. The number of carbonyl (C=O) groups excluding carboxylic acids is 1. The molecule has 152 valence electrons. The fourth-order valence-corrected chi connectivity index (χ4v) is 3.27. The van der Waals surface area contributed by atoms with E-state index in [1.807, 2.05) is 44.2 Å². The van der Waals surface area contributed by atoms with Gasteiger partial charge in [-0.15, -0.1) is 5.10 Å². The van der Waals surface area contributed by atoms with Crippen molar-refractivity contribution >= 4 is 23.4 Å². The topological polar surface area (TPSA) is 79.9 Å². The summed E-state index contributed by atoms with van der Waals surface area (Å²) in [6, 6.07) is 13.9. The number of amides is 1. The van der Waals surface area contributed by atoms with Crippen molar-refractivity contribution in [2.75, 3.05) is 11.1 Å². The molecular formula is C22H26N4O2S. The number of nitrogens with one attached hydrogen (secondary N) is 2. The van der Waals surface area contributed by atoms with Gasteiger partial charge < -0.3 is 10.1 Å². The lowest BCUT2D eigenvalue weighted by Crippen LogP contribution is -2.14. The number of aromatic nitrogens is 3. The van der Waals surface area contributed by atoms with E-state index < -0.39 is 0 Å². The Morgan fingerprint density at radius 1 is 1.14 bits per heavy atom. The van der Waals surface area contributed by atoms with Crippen molar-refractivity contribution in [1.82, 2.24) is 15.2 Å². The zero-order valence-corrected chi connectivity index (χ0v) is 18.0. The molecule has 29 heavy (non-hydrogen) atoms. The predicted octanol–water partition coefficient (Wildman–Crippen LogP) is 4.85. The summed E-state index contributed by atoms with van der Waals surface area (Å²) in [5.74, 6) is 2.04. The van der Waals surface area contributed by atoms with Crippen LogP contribution in [0.25, 0.3) is 0 Å². The van der Waals surface area contributed by atoms with E-state index in [0.29, 0.717) is 23.5 Å². The Balaban J connectivity index is 1.46. The van der Waals surface area contributed by atoms with Gasteiger partial charge in [0.25, 0.3) is 0 Å². The molecule has 7 heteroatoms. The van der Waals surface area contributed by atoms with Crippen LogP contribution in [0.4, 0.5) is 5.69 Å². The maximum atomic E-state index is 12.2. The van der Waals surface area contributed by atoms with Crippen LogP contribution in [0.2, 0.25) is 0 Å². The molecule has 0 atom stereocenters. The van der Waals surface area contributed by atoms with Crippen molar-refractivity contribution in [1.29, 1.82) is 0 Å². The summed E-state index contributed by atoms with van der Waals surface area (Å²) in [6.45, 7) is 8.68. The molecule has 1 amide bonds. The molecule has 0 spiro atoms. The summed E-state index contributed by atoms with van der Waals surface area (Å²) in [5, 5.41) is 10.4. The van der Waals surface area contributed by atoms with Gasteiger partial charge in [-0.1, -0.05) is 43.8 Å². The first-order valence-electron chi connectivity index (χ1n) is 9.54. The van der Waals surface area contributed by atoms with E-state index in [1.165, 1.54) is 22.9 Å². The van der Waals surface area contributed by atoms with Crippen molar-refractivity contribution in [3.8, 4) is 5.75 Å². The minimum Gasteiger partial charge on any atom is -0.486 e. The van der Waals surface area contributed by atoms with E-state index in [0.717, 1.165) is 17.0 Å². The normalized spacial score (nSPS) is 10.9. The second-order valence-electron chi connectivity index (χ2n) is 7.21. The minimum atomic E-state index is -0.0916. The average Bonchev–Trinajstić information content (AvgIpc) is 3.16. The number of anilines is 1. The number of aromatic amines is 1. The maximum Gasteiger partial charge on any atom is 0.234 e. The maximum absolute atomic E-state index is 12.2. The highest BCUT2D eigenvalue weighted by atomic mass is 32.2. The first-order chi connectivity index (χ1) is 13.9. The van der Waals surface area contributed by atoms with Gasteiger partial charge >= 0.3 is 0 Å². The number of hydrogen-bond donors (Lipinski definition) is 2. The van der Waals surface area contributed by atoms with Crippen molar-refractivity contribution < 1.29 is 9.53 Å². The van der Waals surface area contributed by atoms with Crippen LogP contribution in [-0.4, -0.2) is 26.8 Å². The van der Waals surface area contributed by atoms with E-state index in [1.54, 1.807) is 0 Å². The molecule has 1 aromatic heterocycles. The first-order valence-corrected chi connectivity index (χ1v) is 10.5. The van der Waals surface area contributed by atoms with E-state index in [2.05, 4.69) is 46.5 Å². The van der Waals surface area contributed by atoms with Gasteiger partial charge in [-0.05, 0) is 60.7 Å². The standard InChI is InChI=1S/C22H26N4O2S/c1-14(2)17-6-9-19(10-7-17)28-12-20-24-22(26-25-20)29-13-21(27)23-18-8-5-15(3)16(4)11-18/h5-11,14H,12-13H2,1-4H3,(H,23,27)(H,24,25,26). The summed E-state index contributed by atoms with van der Waals surface area (Å²) >= 11 is 1.28. The van der Waals surface area contributed by atoms with Crippen LogP contribution in [0.1, 0.15) is 42.3 Å². The molecule has 1 heterocycles. The number of carbonyl (C=O) groups is 1. The van der Waals surface area contributed by atoms with Crippen LogP contribution in [0, 0.1) is 13.8 Å². The van der Waals surface area contributed by atoms with Gasteiger partial charge in [0, 0.05) is 5.69 Å². The molecule has 0 bridgehead atoms. The summed E-state index contributed by atoms with van der Waals surface area (Å²) in [7, 11) is 0. The second-order valence-corrected chi connectivity index (χ2v) is 8.16. The SMILES string of the molecule is Cc1ccc(NC(=O)CSc2n[nH]c(COc3ccc(C(C)C)cc3)n2)cc1C. The van der Waals surface area contributed by atoms with Crippen molar-refractivity contribution in [2.45, 2.75) is 45.4 Å². The molecule has 2 N–H and O–H groups in total. The second kappa shape index (κ2) is 9.60. The number of benzene rings is 2. The summed E-state index contributed by atoms with van der Waals surface area (Å²) in [6.07, 6.45) is 0. The molecule has 6 nitrogen and oxygen atoms in total. The quantitative estimate of drug-likeness (QED) is 0.519. The van der Waals surface area contributed by atoms with Gasteiger partial charge in [0.05, 0.1) is 5.75 Å². The fraction of sp³-hybridized carbons (Fsp3) is 0.318. The van der Waals surface area contributed by atoms with E-state index >= 15 is 0 Å². The molecule has 0 unspecified atom stereocenters. The monoisotopic (exact) mass is 410 g/mol. The van der Waals surface area contributed by atoms with Gasteiger partial charge in [0.2, 0.25) is 11.1 Å². The number of thioether (sulfide) groups is 1.